The zero-order valence-electron chi connectivity index (χ0n) is 6.57. The van der Waals surface area contributed by atoms with Crippen LogP contribution in [0.15, 0.2) is 12.8 Å². The van der Waals surface area contributed by atoms with Gasteiger partial charge in [-0.2, -0.15) is 0 Å². The Kier molecular flexibility index (Phi) is 4.06. The SMILES string of the molecule is C=COC(CC(F)F)C(C)(F)F. The molecule has 0 aliphatic carbocycles. The molecule has 0 rings (SSSR count). The van der Waals surface area contributed by atoms with Crippen LogP contribution in [0.5, 0.6) is 0 Å². The van der Waals surface area contributed by atoms with Crippen LogP contribution < -0.4 is 0 Å². The maximum absolute atomic E-state index is 12.4. The van der Waals surface area contributed by atoms with E-state index in [-0.39, 0.29) is 0 Å². The quantitative estimate of drug-likeness (QED) is 0.473. The van der Waals surface area contributed by atoms with Crippen molar-refractivity contribution in [2.75, 3.05) is 0 Å². The van der Waals surface area contributed by atoms with Gasteiger partial charge in [-0.15, -0.1) is 0 Å². The van der Waals surface area contributed by atoms with Gasteiger partial charge in [-0.05, 0) is 0 Å². The molecule has 1 nitrogen and oxygen atoms in total. The molecule has 0 bridgehead atoms. The average molecular weight is 186 g/mol. The summed E-state index contributed by atoms with van der Waals surface area (Å²) in [6.07, 6.45) is -4.85. The van der Waals surface area contributed by atoms with E-state index in [2.05, 4.69) is 11.3 Å². The van der Waals surface area contributed by atoms with Crippen LogP contribution >= 0.6 is 0 Å². The summed E-state index contributed by atoms with van der Waals surface area (Å²) in [5.41, 5.74) is 0. The van der Waals surface area contributed by atoms with Crippen LogP contribution in [0.3, 0.4) is 0 Å². The molecule has 72 valence electrons. The summed E-state index contributed by atoms with van der Waals surface area (Å²) in [6, 6.07) is 0. The van der Waals surface area contributed by atoms with Crippen molar-refractivity contribution < 1.29 is 22.3 Å². The first-order valence-electron chi connectivity index (χ1n) is 3.30. The molecule has 0 aromatic rings. The van der Waals surface area contributed by atoms with Gasteiger partial charge < -0.3 is 4.74 Å². The van der Waals surface area contributed by atoms with Gasteiger partial charge in [0.1, 0.15) is 0 Å². The van der Waals surface area contributed by atoms with E-state index >= 15 is 0 Å². The predicted molar refractivity (Wildman–Crippen MR) is 36.3 cm³/mol. The summed E-state index contributed by atoms with van der Waals surface area (Å²) in [5, 5.41) is 0. The van der Waals surface area contributed by atoms with Gasteiger partial charge in [0.05, 0.1) is 12.7 Å². The second-order valence-corrected chi connectivity index (χ2v) is 2.37. The van der Waals surface area contributed by atoms with E-state index in [4.69, 9.17) is 0 Å². The van der Waals surface area contributed by atoms with E-state index in [0.717, 1.165) is 6.26 Å². The van der Waals surface area contributed by atoms with E-state index in [9.17, 15) is 17.6 Å². The number of hydrogen-bond acceptors (Lipinski definition) is 1. The Morgan fingerprint density at radius 3 is 2.25 bits per heavy atom. The summed E-state index contributed by atoms with van der Waals surface area (Å²) >= 11 is 0. The number of alkyl halides is 4. The summed E-state index contributed by atoms with van der Waals surface area (Å²) in [4.78, 5) is 0. The first-order valence-corrected chi connectivity index (χ1v) is 3.30. The predicted octanol–water partition coefficient (Wildman–Crippen LogP) is 2.83. The van der Waals surface area contributed by atoms with Crippen molar-refractivity contribution in [2.24, 2.45) is 0 Å². The van der Waals surface area contributed by atoms with Crippen molar-refractivity contribution in [1.82, 2.24) is 0 Å². The molecule has 1 unspecified atom stereocenters. The lowest BCUT2D eigenvalue weighted by Gasteiger charge is -2.22. The van der Waals surface area contributed by atoms with Crippen LogP contribution in [0.2, 0.25) is 0 Å². The van der Waals surface area contributed by atoms with Gasteiger partial charge in [0, 0.05) is 6.92 Å². The zero-order chi connectivity index (χ0) is 9.78. The highest BCUT2D eigenvalue weighted by Gasteiger charge is 2.37. The van der Waals surface area contributed by atoms with Crippen LogP contribution in [-0.2, 0) is 4.74 Å². The van der Waals surface area contributed by atoms with E-state index < -0.39 is 24.9 Å². The van der Waals surface area contributed by atoms with Gasteiger partial charge >= 0.3 is 0 Å². The molecule has 0 fully saturated rings. The van der Waals surface area contributed by atoms with Gasteiger partial charge in [-0.1, -0.05) is 6.58 Å². The molecule has 5 heteroatoms. The molecule has 0 aromatic heterocycles. The Morgan fingerprint density at radius 2 is 2.00 bits per heavy atom. The smallest absolute Gasteiger partial charge is 0.281 e. The first-order chi connectivity index (χ1) is 5.38. The lowest BCUT2D eigenvalue weighted by atomic mass is 10.1. The van der Waals surface area contributed by atoms with Crippen molar-refractivity contribution in [3.8, 4) is 0 Å². The van der Waals surface area contributed by atoms with Crippen molar-refractivity contribution in [1.29, 1.82) is 0 Å². The summed E-state index contributed by atoms with van der Waals surface area (Å²) in [6.45, 7) is 3.55. The standard InChI is InChI=1S/C7H10F4O/c1-3-12-5(4-6(8)9)7(2,10)11/h3,5-6H,1,4H2,2H3. The largest absolute Gasteiger partial charge is 0.492 e. The van der Waals surface area contributed by atoms with Gasteiger partial charge in [0.15, 0.2) is 6.10 Å². The third-order valence-electron chi connectivity index (χ3n) is 1.22. The fourth-order valence-electron chi connectivity index (χ4n) is 0.660. The molecule has 12 heavy (non-hydrogen) atoms. The number of hydrogen-bond donors (Lipinski definition) is 0. The highest BCUT2D eigenvalue weighted by molar-refractivity contribution is 4.76. The fraction of sp³-hybridized carbons (Fsp3) is 0.714. The second kappa shape index (κ2) is 4.33. The van der Waals surface area contributed by atoms with Crippen molar-refractivity contribution in [3.05, 3.63) is 12.8 Å². The van der Waals surface area contributed by atoms with Crippen LogP contribution in [-0.4, -0.2) is 18.5 Å². The maximum atomic E-state index is 12.4. The first kappa shape index (κ1) is 11.3. The molecule has 0 saturated carbocycles. The topological polar surface area (TPSA) is 9.23 Å². The van der Waals surface area contributed by atoms with Crippen LogP contribution in [0, 0.1) is 0 Å². The lowest BCUT2D eigenvalue weighted by molar-refractivity contribution is -0.116. The molecule has 0 aliphatic rings. The second-order valence-electron chi connectivity index (χ2n) is 2.37. The molecular weight excluding hydrogens is 176 g/mol. The minimum atomic E-state index is -3.27. The van der Waals surface area contributed by atoms with Crippen LogP contribution in [0.25, 0.3) is 0 Å². The Balaban J connectivity index is 4.13. The molecule has 0 radical (unpaired) electrons. The molecule has 0 saturated heterocycles. The maximum Gasteiger partial charge on any atom is 0.281 e. The van der Waals surface area contributed by atoms with Crippen LogP contribution in [0.1, 0.15) is 13.3 Å². The highest BCUT2D eigenvalue weighted by atomic mass is 19.3. The Labute approximate surface area is 68.0 Å². The Bertz CT molecular complexity index is 141. The third-order valence-corrected chi connectivity index (χ3v) is 1.22. The molecule has 0 aliphatic heterocycles. The Hall–Kier alpha value is -0.740. The monoisotopic (exact) mass is 186 g/mol. The van der Waals surface area contributed by atoms with Crippen molar-refractivity contribution in [2.45, 2.75) is 31.8 Å². The normalized spacial score (nSPS) is 14.5. The number of ether oxygens (including phenoxy) is 1. The van der Waals surface area contributed by atoms with E-state index in [1.165, 1.54) is 0 Å². The minimum absolute atomic E-state index is 0.531. The fourth-order valence-corrected chi connectivity index (χ4v) is 0.660. The summed E-state index contributed by atoms with van der Waals surface area (Å²) in [5.74, 6) is -3.27. The molecule has 0 heterocycles. The third kappa shape index (κ3) is 4.20. The van der Waals surface area contributed by atoms with Crippen molar-refractivity contribution in [3.63, 3.8) is 0 Å². The van der Waals surface area contributed by atoms with E-state index in [0.29, 0.717) is 6.92 Å². The van der Waals surface area contributed by atoms with Gasteiger partial charge in [-0.25, -0.2) is 17.6 Å². The van der Waals surface area contributed by atoms with Gasteiger partial charge in [-0.3, -0.25) is 0 Å². The summed E-state index contributed by atoms with van der Waals surface area (Å²) < 4.78 is 52.5. The number of halogens is 4. The van der Waals surface area contributed by atoms with E-state index in [1.54, 1.807) is 0 Å². The van der Waals surface area contributed by atoms with E-state index in [1.807, 2.05) is 0 Å². The highest BCUT2D eigenvalue weighted by Crippen LogP contribution is 2.25. The molecule has 0 N–H and O–H groups in total. The summed E-state index contributed by atoms with van der Waals surface area (Å²) in [7, 11) is 0. The zero-order valence-corrected chi connectivity index (χ0v) is 6.57. The molecular formula is C7H10F4O. The lowest BCUT2D eigenvalue weighted by Crippen LogP contribution is -2.33. The average Bonchev–Trinajstić information content (AvgIpc) is 1.83. The molecule has 0 aromatic carbocycles. The van der Waals surface area contributed by atoms with Crippen molar-refractivity contribution >= 4 is 0 Å². The minimum Gasteiger partial charge on any atom is -0.492 e. The molecule has 0 amide bonds. The van der Waals surface area contributed by atoms with Gasteiger partial charge in [0.2, 0.25) is 6.43 Å². The molecule has 0 spiro atoms. The van der Waals surface area contributed by atoms with Crippen LogP contribution in [0.4, 0.5) is 17.6 Å². The van der Waals surface area contributed by atoms with Gasteiger partial charge in [0.25, 0.3) is 5.92 Å². The number of rotatable bonds is 5. The molecule has 1 atom stereocenters. The Morgan fingerprint density at radius 1 is 1.50 bits per heavy atom.